The molecule has 1 rings (SSSR count). The van der Waals surface area contributed by atoms with Crippen molar-refractivity contribution < 1.29 is 9.63 Å². The lowest BCUT2D eigenvalue weighted by molar-refractivity contribution is -0.124. The van der Waals surface area contributed by atoms with Gasteiger partial charge in [0.25, 0.3) is 0 Å². The van der Waals surface area contributed by atoms with E-state index in [9.17, 15) is 4.79 Å². The van der Waals surface area contributed by atoms with E-state index in [4.69, 9.17) is 4.84 Å². The Kier molecular flexibility index (Phi) is 2.27. The number of amides is 1. The third-order valence-electron chi connectivity index (χ3n) is 1.49. The maximum Gasteiger partial charge on any atom is 0.246 e. The zero-order chi connectivity index (χ0) is 7.56. The Labute approximate surface area is 60.7 Å². The Morgan fingerprint density at radius 3 is 2.90 bits per heavy atom. The Morgan fingerprint density at radius 1 is 1.80 bits per heavy atom. The van der Waals surface area contributed by atoms with E-state index in [0.29, 0.717) is 12.3 Å². The largest absolute Gasteiger partial charge is 0.273 e. The predicted octanol–water partition coefficient (Wildman–Crippen LogP) is 0.853. The van der Waals surface area contributed by atoms with Crippen LogP contribution in [0.5, 0.6) is 0 Å². The molecule has 0 aromatic rings. The van der Waals surface area contributed by atoms with Crippen LogP contribution < -0.4 is 5.48 Å². The second kappa shape index (κ2) is 3.01. The number of hydroxylamine groups is 1. The summed E-state index contributed by atoms with van der Waals surface area (Å²) in [5, 5.41) is 0. The van der Waals surface area contributed by atoms with Crippen LogP contribution in [0.3, 0.4) is 0 Å². The Bertz CT molecular complexity index is 134. The fourth-order valence-corrected chi connectivity index (χ4v) is 1.10. The molecule has 0 radical (unpaired) electrons. The van der Waals surface area contributed by atoms with Crippen LogP contribution >= 0.6 is 0 Å². The first-order valence-corrected chi connectivity index (χ1v) is 3.63. The van der Waals surface area contributed by atoms with E-state index < -0.39 is 0 Å². The zero-order valence-electron chi connectivity index (χ0n) is 6.39. The van der Waals surface area contributed by atoms with Crippen LogP contribution in [0.1, 0.15) is 26.7 Å². The monoisotopic (exact) mass is 143 g/mol. The third kappa shape index (κ3) is 1.99. The Balaban J connectivity index is 2.24. The molecule has 58 valence electrons. The molecule has 1 fully saturated rings. The van der Waals surface area contributed by atoms with Crippen molar-refractivity contribution in [3.05, 3.63) is 0 Å². The topological polar surface area (TPSA) is 38.3 Å². The van der Waals surface area contributed by atoms with Gasteiger partial charge < -0.3 is 0 Å². The van der Waals surface area contributed by atoms with E-state index in [-0.39, 0.29) is 12.0 Å². The van der Waals surface area contributed by atoms with Crippen LogP contribution in [0.4, 0.5) is 0 Å². The number of hydrogen-bond donors (Lipinski definition) is 1. The molecular weight excluding hydrogens is 130 g/mol. The molecule has 1 N–H and O–H groups in total. The molecule has 1 unspecified atom stereocenters. The summed E-state index contributed by atoms with van der Waals surface area (Å²) in [5.74, 6) is 0.600. The summed E-state index contributed by atoms with van der Waals surface area (Å²) >= 11 is 0. The molecule has 0 bridgehead atoms. The quantitative estimate of drug-likeness (QED) is 0.622. The van der Waals surface area contributed by atoms with Crippen LogP contribution in [0.2, 0.25) is 0 Å². The van der Waals surface area contributed by atoms with Gasteiger partial charge >= 0.3 is 0 Å². The highest BCUT2D eigenvalue weighted by Crippen LogP contribution is 2.14. The lowest BCUT2D eigenvalue weighted by Gasteiger charge is -2.08. The maximum atomic E-state index is 10.6. The van der Waals surface area contributed by atoms with Crippen molar-refractivity contribution in [3.63, 3.8) is 0 Å². The first-order chi connectivity index (χ1) is 4.68. The number of nitrogens with one attached hydrogen (secondary N) is 1. The Hall–Kier alpha value is -0.570. The molecule has 10 heavy (non-hydrogen) atoms. The third-order valence-corrected chi connectivity index (χ3v) is 1.49. The fourth-order valence-electron chi connectivity index (χ4n) is 1.10. The predicted molar refractivity (Wildman–Crippen MR) is 37.1 cm³/mol. The molecule has 0 saturated carbocycles. The summed E-state index contributed by atoms with van der Waals surface area (Å²) in [6, 6.07) is 0. The van der Waals surface area contributed by atoms with Crippen LogP contribution in [-0.4, -0.2) is 12.0 Å². The highest BCUT2D eigenvalue weighted by atomic mass is 16.7. The summed E-state index contributed by atoms with van der Waals surface area (Å²) in [6.45, 7) is 4.23. The molecule has 3 nitrogen and oxygen atoms in total. The fraction of sp³-hybridized carbons (Fsp3) is 0.857. The molecule has 0 aliphatic carbocycles. The average molecular weight is 143 g/mol. The van der Waals surface area contributed by atoms with Gasteiger partial charge in [-0.15, -0.1) is 0 Å². The normalized spacial score (nSPS) is 25.5. The van der Waals surface area contributed by atoms with Gasteiger partial charge in [-0.25, -0.2) is 5.48 Å². The molecule has 3 heteroatoms. The summed E-state index contributed by atoms with van der Waals surface area (Å²) in [7, 11) is 0. The number of hydrogen-bond acceptors (Lipinski definition) is 2. The molecule has 0 aromatic carbocycles. The van der Waals surface area contributed by atoms with Gasteiger partial charge in [0.05, 0.1) is 12.5 Å². The summed E-state index contributed by atoms with van der Waals surface area (Å²) in [6.07, 6.45) is 1.59. The molecule has 1 atom stereocenters. The molecule has 1 aliphatic heterocycles. The van der Waals surface area contributed by atoms with Crippen molar-refractivity contribution in [1.82, 2.24) is 5.48 Å². The zero-order valence-corrected chi connectivity index (χ0v) is 6.39. The SMILES string of the molecule is CC(C)CC1CC(=O)NO1. The van der Waals surface area contributed by atoms with E-state index in [1.165, 1.54) is 0 Å². The summed E-state index contributed by atoms with van der Waals surface area (Å²) < 4.78 is 0. The van der Waals surface area contributed by atoms with Gasteiger partial charge in [0.1, 0.15) is 0 Å². The molecule has 0 spiro atoms. The number of carbonyl (C=O) groups is 1. The minimum absolute atomic E-state index is 0.00523. The molecule has 1 heterocycles. The van der Waals surface area contributed by atoms with Gasteiger partial charge in [-0.2, -0.15) is 0 Å². The minimum atomic E-state index is 0.00523. The first-order valence-electron chi connectivity index (χ1n) is 3.63. The number of carbonyl (C=O) groups excluding carboxylic acids is 1. The van der Waals surface area contributed by atoms with Gasteiger partial charge in [-0.05, 0) is 12.3 Å². The van der Waals surface area contributed by atoms with Crippen molar-refractivity contribution in [1.29, 1.82) is 0 Å². The van der Waals surface area contributed by atoms with E-state index in [2.05, 4.69) is 19.3 Å². The van der Waals surface area contributed by atoms with Crippen molar-refractivity contribution in [2.24, 2.45) is 5.92 Å². The van der Waals surface area contributed by atoms with E-state index >= 15 is 0 Å². The van der Waals surface area contributed by atoms with Gasteiger partial charge in [0, 0.05) is 0 Å². The van der Waals surface area contributed by atoms with Crippen molar-refractivity contribution in [2.75, 3.05) is 0 Å². The van der Waals surface area contributed by atoms with Gasteiger partial charge in [0.15, 0.2) is 0 Å². The molecule has 1 amide bonds. The first kappa shape index (κ1) is 7.54. The second-order valence-electron chi connectivity index (χ2n) is 3.10. The smallest absolute Gasteiger partial charge is 0.246 e. The molecule has 0 aromatic heterocycles. The summed E-state index contributed by atoms with van der Waals surface area (Å²) in [5.41, 5.74) is 2.34. The molecule has 1 saturated heterocycles. The standard InChI is InChI=1S/C7H13NO2/c1-5(2)3-6-4-7(9)8-10-6/h5-6H,3-4H2,1-2H3,(H,8,9). The lowest BCUT2D eigenvalue weighted by atomic mass is 10.0. The molecular formula is C7H13NO2. The maximum absolute atomic E-state index is 10.6. The van der Waals surface area contributed by atoms with E-state index in [1.807, 2.05) is 0 Å². The van der Waals surface area contributed by atoms with Gasteiger partial charge in [0.2, 0.25) is 5.91 Å². The van der Waals surface area contributed by atoms with Crippen molar-refractivity contribution in [3.8, 4) is 0 Å². The van der Waals surface area contributed by atoms with E-state index in [1.54, 1.807) is 0 Å². The highest BCUT2D eigenvalue weighted by Gasteiger charge is 2.22. The summed E-state index contributed by atoms with van der Waals surface area (Å²) in [4.78, 5) is 15.6. The van der Waals surface area contributed by atoms with Gasteiger partial charge in [-0.1, -0.05) is 13.8 Å². The highest BCUT2D eigenvalue weighted by molar-refractivity contribution is 5.76. The van der Waals surface area contributed by atoms with Gasteiger partial charge in [-0.3, -0.25) is 9.63 Å². The minimum Gasteiger partial charge on any atom is -0.273 e. The Morgan fingerprint density at radius 2 is 2.50 bits per heavy atom. The van der Waals surface area contributed by atoms with Crippen LogP contribution in [-0.2, 0) is 9.63 Å². The van der Waals surface area contributed by atoms with Crippen LogP contribution in [0.15, 0.2) is 0 Å². The number of rotatable bonds is 2. The second-order valence-corrected chi connectivity index (χ2v) is 3.10. The van der Waals surface area contributed by atoms with E-state index in [0.717, 1.165) is 6.42 Å². The van der Waals surface area contributed by atoms with Crippen molar-refractivity contribution in [2.45, 2.75) is 32.8 Å². The van der Waals surface area contributed by atoms with Crippen LogP contribution in [0.25, 0.3) is 0 Å². The lowest BCUT2D eigenvalue weighted by Crippen LogP contribution is -2.13. The average Bonchev–Trinajstić information content (AvgIpc) is 2.13. The van der Waals surface area contributed by atoms with Crippen molar-refractivity contribution >= 4 is 5.91 Å². The molecule has 1 aliphatic rings. The van der Waals surface area contributed by atoms with Crippen LogP contribution in [0, 0.1) is 5.92 Å².